The summed E-state index contributed by atoms with van der Waals surface area (Å²) >= 11 is 1.65. The van der Waals surface area contributed by atoms with Gasteiger partial charge in [-0.1, -0.05) is 18.2 Å². The number of benzene rings is 1. The lowest BCUT2D eigenvalue weighted by Crippen LogP contribution is -2.19. The summed E-state index contributed by atoms with van der Waals surface area (Å²) < 4.78 is 0. The molecular weight excluding hydrogens is 242 g/mol. The Morgan fingerprint density at radius 2 is 2.17 bits per heavy atom. The number of hydrogen-bond acceptors (Lipinski definition) is 4. The third-order valence-electron chi connectivity index (χ3n) is 2.96. The van der Waals surface area contributed by atoms with Crippen molar-refractivity contribution in [2.75, 3.05) is 19.3 Å². The smallest absolute Gasteiger partial charge is 0.0795 e. The highest BCUT2D eigenvalue weighted by Crippen LogP contribution is 2.13. The predicted molar refractivity (Wildman–Crippen MR) is 77.6 cm³/mol. The van der Waals surface area contributed by atoms with Gasteiger partial charge in [0.15, 0.2) is 0 Å². The minimum Gasteiger partial charge on any atom is -0.399 e. The third kappa shape index (κ3) is 3.82. The Balaban J connectivity index is 1.74. The zero-order chi connectivity index (χ0) is 12.8. The molecule has 2 rings (SSSR count). The molecule has 0 bridgehead atoms. The van der Waals surface area contributed by atoms with Crippen LogP contribution in [0.25, 0.3) is 0 Å². The number of nitrogen functional groups attached to an aromatic ring is 1. The van der Waals surface area contributed by atoms with Crippen molar-refractivity contribution < 1.29 is 0 Å². The van der Waals surface area contributed by atoms with Gasteiger partial charge in [0.25, 0.3) is 0 Å². The Morgan fingerprint density at radius 3 is 2.89 bits per heavy atom. The van der Waals surface area contributed by atoms with Crippen molar-refractivity contribution in [3.63, 3.8) is 0 Å². The maximum absolute atomic E-state index is 5.92. The highest BCUT2D eigenvalue weighted by Gasteiger charge is 2.03. The van der Waals surface area contributed by atoms with E-state index in [2.05, 4.69) is 28.4 Å². The number of aryl methyl sites for hydroxylation is 1. The lowest BCUT2D eigenvalue weighted by molar-refractivity contribution is 0.319. The maximum Gasteiger partial charge on any atom is 0.0795 e. The lowest BCUT2D eigenvalue weighted by atomic mass is 10.1. The van der Waals surface area contributed by atoms with E-state index in [4.69, 9.17) is 5.73 Å². The van der Waals surface area contributed by atoms with E-state index in [1.807, 2.05) is 23.7 Å². The van der Waals surface area contributed by atoms with Crippen LogP contribution < -0.4 is 5.73 Å². The molecular formula is C14H19N3S. The van der Waals surface area contributed by atoms with E-state index >= 15 is 0 Å². The summed E-state index contributed by atoms with van der Waals surface area (Å²) in [6.45, 7) is 1.99. The molecule has 0 fully saturated rings. The minimum atomic E-state index is 0.902. The lowest BCUT2D eigenvalue weighted by Gasteiger charge is -2.15. The fourth-order valence-electron chi connectivity index (χ4n) is 1.97. The number of para-hydroxylation sites is 1. The van der Waals surface area contributed by atoms with Crippen molar-refractivity contribution in [2.24, 2.45) is 0 Å². The molecule has 0 spiro atoms. The molecule has 0 aliphatic heterocycles. The number of aromatic nitrogens is 1. The topological polar surface area (TPSA) is 42.1 Å². The largest absolute Gasteiger partial charge is 0.399 e. The molecule has 0 radical (unpaired) electrons. The average Bonchev–Trinajstić information content (AvgIpc) is 2.84. The number of anilines is 1. The maximum atomic E-state index is 5.92. The van der Waals surface area contributed by atoms with Crippen LogP contribution >= 0.6 is 11.3 Å². The van der Waals surface area contributed by atoms with Gasteiger partial charge in [0, 0.05) is 17.6 Å². The molecule has 3 nitrogen and oxygen atoms in total. The number of rotatable bonds is 6. The fraction of sp³-hybridized carbons (Fsp3) is 0.357. The molecule has 0 atom stereocenters. The van der Waals surface area contributed by atoms with Gasteiger partial charge in [-0.2, -0.15) is 0 Å². The molecule has 2 aromatic rings. The Labute approximate surface area is 112 Å². The first kappa shape index (κ1) is 13.1. The molecule has 0 unspecified atom stereocenters. The van der Waals surface area contributed by atoms with Gasteiger partial charge >= 0.3 is 0 Å². The molecule has 0 amide bonds. The molecule has 0 aliphatic rings. The van der Waals surface area contributed by atoms with Gasteiger partial charge in [0.2, 0.25) is 0 Å². The van der Waals surface area contributed by atoms with E-state index in [1.165, 1.54) is 5.56 Å². The first-order valence-electron chi connectivity index (χ1n) is 6.14. The van der Waals surface area contributed by atoms with E-state index in [0.717, 1.165) is 37.3 Å². The zero-order valence-corrected chi connectivity index (χ0v) is 11.5. The van der Waals surface area contributed by atoms with Gasteiger partial charge < -0.3 is 10.6 Å². The van der Waals surface area contributed by atoms with E-state index in [0.29, 0.717) is 0 Å². The highest BCUT2D eigenvalue weighted by atomic mass is 32.1. The summed E-state index contributed by atoms with van der Waals surface area (Å²) in [5.74, 6) is 0. The molecule has 1 aromatic carbocycles. The average molecular weight is 261 g/mol. The second-order valence-corrected chi connectivity index (χ2v) is 5.24. The van der Waals surface area contributed by atoms with Crippen molar-refractivity contribution in [3.8, 4) is 0 Å². The number of nitrogens with two attached hydrogens (primary N) is 1. The standard InChI is InChI=1S/C14H19N3S/c1-17(9-13-10-18-11-16-13)8-4-6-12-5-2-3-7-14(12)15/h2-3,5,7,10-11H,4,6,8-9,15H2,1H3. The van der Waals surface area contributed by atoms with Crippen molar-refractivity contribution >= 4 is 17.0 Å². The Morgan fingerprint density at radius 1 is 1.33 bits per heavy atom. The Kier molecular flexibility index (Phi) is 4.73. The number of nitrogens with zero attached hydrogens (tertiary/aromatic N) is 2. The molecule has 18 heavy (non-hydrogen) atoms. The second-order valence-electron chi connectivity index (χ2n) is 4.52. The predicted octanol–water partition coefficient (Wildman–Crippen LogP) is 2.79. The van der Waals surface area contributed by atoms with Crippen LogP contribution in [-0.2, 0) is 13.0 Å². The highest BCUT2D eigenvalue weighted by molar-refractivity contribution is 7.07. The summed E-state index contributed by atoms with van der Waals surface area (Å²) in [6.07, 6.45) is 2.16. The van der Waals surface area contributed by atoms with E-state index in [1.54, 1.807) is 11.3 Å². The number of hydrogen-bond donors (Lipinski definition) is 1. The molecule has 1 aromatic heterocycles. The van der Waals surface area contributed by atoms with Crippen LogP contribution in [-0.4, -0.2) is 23.5 Å². The van der Waals surface area contributed by atoms with Crippen LogP contribution in [0.3, 0.4) is 0 Å². The van der Waals surface area contributed by atoms with Gasteiger partial charge in [0.05, 0.1) is 11.2 Å². The molecule has 96 valence electrons. The first-order chi connectivity index (χ1) is 8.75. The van der Waals surface area contributed by atoms with Gasteiger partial charge in [-0.05, 0) is 38.1 Å². The summed E-state index contributed by atoms with van der Waals surface area (Å²) in [6, 6.07) is 8.10. The molecule has 0 saturated carbocycles. The summed E-state index contributed by atoms with van der Waals surface area (Å²) in [5, 5.41) is 2.10. The third-order valence-corrected chi connectivity index (χ3v) is 3.59. The van der Waals surface area contributed by atoms with Crippen LogP contribution in [0.4, 0.5) is 5.69 Å². The van der Waals surface area contributed by atoms with E-state index in [9.17, 15) is 0 Å². The van der Waals surface area contributed by atoms with Gasteiger partial charge in [0.1, 0.15) is 0 Å². The van der Waals surface area contributed by atoms with Crippen LogP contribution in [0, 0.1) is 0 Å². The minimum absolute atomic E-state index is 0.902. The van der Waals surface area contributed by atoms with Crippen molar-refractivity contribution in [1.82, 2.24) is 9.88 Å². The summed E-state index contributed by atoms with van der Waals surface area (Å²) in [4.78, 5) is 6.59. The van der Waals surface area contributed by atoms with Gasteiger partial charge in [-0.3, -0.25) is 0 Å². The normalized spacial score (nSPS) is 11.0. The molecule has 2 N–H and O–H groups in total. The first-order valence-corrected chi connectivity index (χ1v) is 7.09. The molecule has 0 aliphatic carbocycles. The van der Waals surface area contributed by atoms with Crippen LogP contribution in [0.2, 0.25) is 0 Å². The van der Waals surface area contributed by atoms with Crippen LogP contribution in [0.1, 0.15) is 17.7 Å². The van der Waals surface area contributed by atoms with Crippen LogP contribution in [0.5, 0.6) is 0 Å². The zero-order valence-electron chi connectivity index (χ0n) is 10.7. The second kappa shape index (κ2) is 6.52. The SMILES string of the molecule is CN(CCCc1ccccc1N)Cc1cscn1. The molecule has 0 saturated heterocycles. The molecule has 4 heteroatoms. The fourth-order valence-corrected chi connectivity index (χ4v) is 2.52. The van der Waals surface area contributed by atoms with Gasteiger partial charge in [-0.15, -0.1) is 11.3 Å². The van der Waals surface area contributed by atoms with Gasteiger partial charge in [-0.25, -0.2) is 4.98 Å². The van der Waals surface area contributed by atoms with Crippen molar-refractivity contribution in [3.05, 3.63) is 46.4 Å². The molecule has 1 heterocycles. The summed E-state index contributed by atoms with van der Waals surface area (Å²) in [7, 11) is 2.13. The Bertz CT molecular complexity index is 468. The quantitative estimate of drug-likeness (QED) is 0.813. The van der Waals surface area contributed by atoms with E-state index < -0.39 is 0 Å². The van der Waals surface area contributed by atoms with E-state index in [-0.39, 0.29) is 0 Å². The monoisotopic (exact) mass is 261 g/mol. The summed E-state index contributed by atoms with van der Waals surface area (Å²) in [5.41, 5.74) is 11.1. The van der Waals surface area contributed by atoms with Crippen molar-refractivity contribution in [1.29, 1.82) is 0 Å². The van der Waals surface area contributed by atoms with Crippen molar-refractivity contribution in [2.45, 2.75) is 19.4 Å². The number of thiazole rings is 1. The Hall–Kier alpha value is -1.39. The van der Waals surface area contributed by atoms with Crippen LogP contribution in [0.15, 0.2) is 35.2 Å².